The molecule has 6 nitrogen and oxygen atoms in total. The number of rotatable bonds is 7. The first-order valence-corrected chi connectivity index (χ1v) is 7.52. The first-order valence-electron chi connectivity index (χ1n) is 7.52. The lowest BCUT2D eigenvalue weighted by atomic mass is 10.2. The Labute approximate surface area is 138 Å². The van der Waals surface area contributed by atoms with Gasteiger partial charge in [-0.15, -0.1) is 0 Å². The van der Waals surface area contributed by atoms with Crippen molar-refractivity contribution in [3.8, 4) is 17.1 Å². The average molecular weight is 324 g/mol. The number of aliphatic carboxylic acids is 1. The molecule has 1 N–H and O–H groups in total. The SMILES string of the molecule is O=C(O)CCc1nc(-c2ccc(OCc3ccccc3)cc2)no1. The van der Waals surface area contributed by atoms with E-state index in [9.17, 15) is 4.79 Å². The summed E-state index contributed by atoms with van der Waals surface area (Å²) in [7, 11) is 0. The van der Waals surface area contributed by atoms with Crippen molar-refractivity contribution in [1.82, 2.24) is 10.1 Å². The highest BCUT2D eigenvalue weighted by Gasteiger charge is 2.10. The smallest absolute Gasteiger partial charge is 0.303 e. The summed E-state index contributed by atoms with van der Waals surface area (Å²) < 4.78 is 10.8. The molecule has 0 fully saturated rings. The lowest BCUT2D eigenvalue weighted by Gasteiger charge is -2.06. The Kier molecular flexibility index (Phi) is 4.86. The monoisotopic (exact) mass is 324 g/mol. The van der Waals surface area contributed by atoms with E-state index >= 15 is 0 Å². The molecule has 0 amide bonds. The zero-order chi connectivity index (χ0) is 16.8. The molecular weight excluding hydrogens is 308 g/mol. The average Bonchev–Trinajstić information content (AvgIpc) is 3.08. The molecule has 6 heteroatoms. The molecule has 0 saturated heterocycles. The minimum Gasteiger partial charge on any atom is -0.489 e. The summed E-state index contributed by atoms with van der Waals surface area (Å²) in [4.78, 5) is 14.7. The lowest BCUT2D eigenvalue weighted by molar-refractivity contribution is -0.137. The van der Waals surface area contributed by atoms with E-state index in [4.69, 9.17) is 14.4 Å². The molecule has 0 bridgehead atoms. The van der Waals surface area contributed by atoms with Crippen molar-refractivity contribution in [2.45, 2.75) is 19.4 Å². The zero-order valence-electron chi connectivity index (χ0n) is 12.9. The van der Waals surface area contributed by atoms with Crippen LogP contribution >= 0.6 is 0 Å². The van der Waals surface area contributed by atoms with Crippen molar-refractivity contribution in [1.29, 1.82) is 0 Å². The largest absolute Gasteiger partial charge is 0.489 e. The van der Waals surface area contributed by atoms with Crippen LogP contribution < -0.4 is 4.74 Å². The molecule has 0 atom stereocenters. The summed E-state index contributed by atoms with van der Waals surface area (Å²) in [5.74, 6) is 0.605. The third kappa shape index (κ3) is 4.19. The Morgan fingerprint density at radius 3 is 2.54 bits per heavy atom. The minimum absolute atomic E-state index is 0.0338. The van der Waals surface area contributed by atoms with E-state index in [1.807, 2.05) is 54.6 Å². The van der Waals surface area contributed by atoms with Crippen molar-refractivity contribution in [2.75, 3.05) is 0 Å². The predicted molar refractivity (Wildman–Crippen MR) is 86.5 cm³/mol. The molecule has 0 radical (unpaired) electrons. The van der Waals surface area contributed by atoms with Crippen LogP contribution in [-0.4, -0.2) is 21.2 Å². The standard InChI is InChI=1S/C18H16N2O4/c21-17(22)11-10-16-19-18(20-24-16)14-6-8-15(9-7-14)23-12-13-4-2-1-3-5-13/h1-9H,10-12H2,(H,21,22). The molecule has 1 aromatic heterocycles. The van der Waals surface area contributed by atoms with E-state index < -0.39 is 5.97 Å². The van der Waals surface area contributed by atoms with Crippen molar-refractivity contribution in [3.63, 3.8) is 0 Å². The van der Waals surface area contributed by atoms with Gasteiger partial charge < -0.3 is 14.4 Å². The number of aromatic nitrogens is 2. The highest BCUT2D eigenvalue weighted by atomic mass is 16.5. The van der Waals surface area contributed by atoms with Crippen molar-refractivity contribution < 1.29 is 19.2 Å². The number of ether oxygens (including phenoxy) is 1. The van der Waals surface area contributed by atoms with Crippen LogP contribution in [0.25, 0.3) is 11.4 Å². The Balaban J connectivity index is 1.61. The van der Waals surface area contributed by atoms with Crippen molar-refractivity contribution >= 4 is 5.97 Å². The summed E-state index contributed by atoms with van der Waals surface area (Å²) in [5, 5.41) is 12.5. The fraction of sp³-hybridized carbons (Fsp3) is 0.167. The van der Waals surface area contributed by atoms with E-state index in [0.29, 0.717) is 18.3 Å². The molecule has 0 unspecified atom stereocenters. The van der Waals surface area contributed by atoms with Gasteiger partial charge in [0, 0.05) is 12.0 Å². The molecule has 3 rings (SSSR count). The molecule has 2 aromatic carbocycles. The lowest BCUT2D eigenvalue weighted by Crippen LogP contribution is -1.97. The maximum Gasteiger partial charge on any atom is 0.303 e. The maximum absolute atomic E-state index is 10.5. The second-order valence-electron chi connectivity index (χ2n) is 5.20. The number of benzene rings is 2. The van der Waals surface area contributed by atoms with Gasteiger partial charge in [-0.1, -0.05) is 35.5 Å². The van der Waals surface area contributed by atoms with Gasteiger partial charge in [-0.2, -0.15) is 4.98 Å². The second-order valence-corrected chi connectivity index (χ2v) is 5.20. The number of hydrogen-bond acceptors (Lipinski definition) is 5. The fourth-order valence-electron chi connectivity index (χ4n) is 2.13. The molecule has 0 aliphatic rings. The number of aryl methyl sites for hydroxylation is 1. The topological polar surface area (TPSA) is 85.5 Å². The second kappa shape index (κ2) is 7.41. The normalized spacial score (nSPS) is 10.5. The first-order chi connectivity index (χ1) is 11.7. The quantitative estimate of drug-likeness (QED) is 0.717. The molecule has 0 saturated carbocycles. The first kappa shape index (κ1) is 15.7. The zero-order valence-corrected chi connectivity index (χ0v) is 12.9. The Morgan fingerprint density at radius 1 is 1.08 bits per heavy atom. The van der Waals surface area contributed by atoms with Gasteiger partial charge in [0.25, 0.3) is 0 Å². The summed E-state index contributed by atoms with van der Waals surface area (Å²) in [6.45, 7) is 0.502. The predicted octanol–water partition coefficient (Wildman–Crippen LogP) is 3.33. The minimum atomic E-state index is -0.894. The van der Waals surface area contributed by atoms with Crippen LogP contribution in [-0.2, 0) is 17.8 Å². The fourth-order valence-corrected chi connectivity index (χ4v) is 2.13. The molecule has 24 heavy (non-hydrogen) atoms. The van der Waals surface area contributed by atoms with E-state index in [2.05, 4.69) is 10.1 Å². The van der Waals surface area contributed by atoms with E-state index in [1.165, 1.54) is 0 Å². The number of carboxylic acids is 1. The summed E-state index contributed by atoms with van der Waals surface area (Å²) >= 11 is 0. The van der Waals surface area contributed by atoms with Gasteiger partial charge in [-0.25, -0.2) is 0 Å². The highest BCUT2D eigenvalue weighted by molar-refractivity contribution is 5.66. The highest BCUT2D eigenvalue weighted by Crippen LogP contribution is 2.21. The van der Waals surface area contributed by atoms with Crippen LogP contribution in [0.2, 0.25) is 0 Å². The Bertz CT molecular complexity index is 797. The van der Waals surface area contributed by atoms with E-state index in [1.54, 1.807) is 0 Å². The maximum atomic E-state index is 10.5. The van der Waals surface area contributed by atoms with Crippen molar-refractivity contribution in [3.05, 3.63) is 66.1 Å². The molecule has 0 aliphatic heterocycles. The van der Waals surface area contributed by atoms with E-state index in [-0.39, 0.29) is 12.8 Å². The summed E-state index contributed by atoms with van der Waals surface area (Å²) in [6.07, 6.45) is 0.189. The van der Waals surface area contributed by atoms with Crippen LogP contribution in [0.3, 0.4) is 0 Å². The van der Waals surface area contributed by atoms with Gasteiger partial charge in [0.2, 0.25) is 11.7 Å². The Hall–Kier alpha value is -3.15. The van der Waals surface area contributed by atoms with Gasteiger partial charge in [0.05, 0.1) is 6.42 Å². The summed E-state index contributed by atoms with van der Waals surface area (Å²) in [6, 6.07) is 17.3. The van der Waals surface area contributed by atoms with Gasteiger partial charge >= 0.3 is 5.97 Å². The third-order valence-corrected chi connectivity index (χ3v) is 3.38. The molecule has 122 valence electrons. The molecule has 1 heterocycles. The molecule has 3 aromatic rings. The van der Waals surface area contributed by atoms with Crippen molar-refractivity contribution in [2.24, 2.45) is 0 Å². The van der Waals surface area contributed by atoms with Crippen LogP contribution in [0.1, 0.15) is 17.9 Å². The van der Waals surface area contributed by atoms with Crippen LogP contribution in [0.5, 0.6) is 5.75 Å². The van der Waals surface area contributed by atoms with Gasteiger partial charge in [0.15, 0.2) is 0 Å². The van der Waals surface area contributed by atoms with Gasteiger partial charge in [-0.3, -0.25) is 4.79 Å². The molecule has 0 spiro atoms. The molecule has 0 aliphatic carbocycles. The number of nitrogens with zero attached hydrogens (tertiary/aromatic N) is 2. The van der Waals surface area contributed by atoms with Gasteiger partial charge in [0.1, 0.15) is 12.4 Å². The van der Waals surface area contributed by atoms with Crippen LogP contribution in [0.4, 0.5) is 0 Å². The van der Waals surface area contributed by atoms with Gasteiger partial charge in [-0.05, 0) is 29.8 Å². The number of hydrogen-bond donors (Lipinski definition) is 1. The third-order valence-electron chi connectivity index (χ3n) is 3.38. The Morgan fingerprint density at radius 2 is 1.83 bits per heavy atom. The van der Waals surface area contributed by atoms with E-state index in [0.717, 1.165) is 16.9 Å². The molecular formula is C18H16N2O4. The summed E-state index contributed by atoms with van der Waals surface area (Å²) in [5.41, 5.74) is 1.88. The number of carboxylic acid groups (broad SMARTS) is 1. The van der Waals surface area contributed by atoms with Crippen LogP contribution in [0, 0.1) is 0 Å². The number of carbonyl (C=O) groups is 1. The van der Waals surface area contributed by atoms with Crippen LogP contribution in [0.15, 0.2) is 59.1 Å².